The molecule has 0 amide bonds. The summed E-state index contributed by atoms with van der Waals surface area (Å²) < 4.78 is 2.40. The molecule has 0 radical (unpaired) electrons. The van der Waals surface area contributed by atoms with E-state index in [4.69, 9.17) is 0 Å². The fourth-order valence-electron chi connectivity index (χ4n) is 7.19. The SMILES string of the molecule is C(=Cc1ccc(N(c2ccccc2)c2ccc(-n3c4ccc(-c5ccccc5)cc4c4cc(-c5ccccc5)ccc43)cc2)cc1)c1ccccc1. The first-order valence-corrected chi connectivity index (χ1v) is 17.8. The molecular weight excluding hydrogens is 629 g/mol. The molecule has 246 valence electrons. The van der Waals surface area contributed by atoms with Crippen LogP contribution in [0.15, 0.2) is 206 Å². The highest BCUT2D eigenvalue weighted by Gasteiger charge is 2.17. The number of para-hydroxylation sites is 1. The van der Waals surface area contributed by atoms with Crippen LogP contribution in [-0.2, 0) is 0 Å². The number of fused-ring (bicyclic) bond motifs is 3. The van der Waals surface area contributed by atoms with Gasteiger partial charge in [0, 0.05) is 33.5 Å². The minimum Gasteiger partial charge on any atom is -0.311 e. The Morgan fingerprint density at radius 2 is 0.731 bits per heavy atom. The van der Waals surface area contributed by atoms with Crippen LogP contribution in [0, 0.1) is 0 Å². The Balaban J connectivity index is 1.12. The van der Waals surface area contributed by atoms with Crippen molar-refractivity contribution >= 4 is 51.0 Å². The molecule has 52 heavy (non-hydrogen) atoms. The number of benzene rings is 8. The Kier molecular flexibility index (Phi) is 8.24. The highest BCUT2D eigenvalue weighted by atomic mass is 15.1. The molecule has 0 aliphatic rings. The van der Waals surface area contributed by atoms with E-state index in [9.17, 15) is 0 Å². The van der Waals surface area contributed by atoms with E-state index in [1.54, 1.807) is 0 Å². The fourth-order valence-corrected chi connectivity index (χ4v) is 7.19. The molecule has 2 heteroatoms. The quantitative estimate of drug-likeness (QED) is 0.147. The van der Waals surface area contributed by atoms with Gasteiger partial charge >= 0.3 is 0 Å². The van der Waals surface area contributed by atoms with Gasteiger partial charge in [0.05, 0.1) is 11.0 Å². The molecule has 0 aliphatic heterocycles. The van der Waals surface area contributed by atoms with Gasteiger partial charge in [0.2, 0.25) is 0 Å². The van der Waals surface area contributed by atoms with Gasteiger partial charge in [-0.15, -0.1) is 0 Å². The third-order valence-electron chi connectivity index (χ3n) is 9.78. The fraction of sp³-hybridized carbons (Fsp3) is 0. The molecule has 2 nitrogen and oxygen atoms in total. The van der Waals surface area contributed by atoms with Gasteiger partial charge in [-0.25, -0.2) is 0 Å². The second-order valence-electron chi connectivity index (χ2n) is 13.1. The molecule has 9 rings (SSSR count). The Bertz CT molecular complexity index is 2520. The van der Waals surface area contributed by atoms with E-state index >= 15 is 0 Å². The number of rotatable bonds is 8. The average molecular weight is 665 g/mol. The van der Waals surface area contributed by atoms with E-state index < -0.39 is 0 Å². The number of aromatic nitrogens is 1. The lowest BCUT2D eigenvalue weighted by molar-refractivity contribution is 1.17. The molecule has 0 N–H and O–H groups in total. The zero-order valence-corrected chi connectivity index (χ0v) is 28.7. The van der Waals surface area contributed by atoms with Crippen LogP contribution in [0.1, 0.15) is 11.1 Å². The first-order chi connectivity index (χ1) is 25.8. The minimum absolute atomic E-state index is 1.10. The largest absolute Gasteiger partial charge is 0.311 e. The zero-order chi connectivity index (χ0) is 34.7. The lowest BCUT2D eigenvalue weighted by Gasteiger charge is -2.26. The maximum atomic E-state index is 2.40. The molecular formula is C50H36N2. The molecule has 0 fully saturated rings. The van der Waals surface area contributed by atoms with E-state index in [-0.39, 0.29) is 0 Å². The lowest BCUT2D eigenvalue weighted by atomic mass is 10.0. The van der Waals surface area contributed by atoms with Crippen molar-refractivity contribution in [1.82, 2.24) is 4.57 Å². The van der Waals surface area contributed by atoms with E-state index in [1.807, 2.05) is 6.07 Å². The molecule has 1 heterocycles. The van der Waals surface area contributed by atoms with Crippen LogP contribution >= 0.6 is 0 Å². The highest BCUT2D eigenvalue weighted by molar-refractivity contribution is 6.11. The monoisotopic (exact) mass is 664 g/mol. The van der Waals surface area contributed by atoms with Crippen molar-refractivity contribution in [3.8, 4) is 27.9 Å². The normalized spacial score (nSPS) is 11.4. The number of anilines is 3. The van der Waals surface area contributed by atoms with Crippen LogP contribution in [0.25, 0.3) is 61.9 Å². The predicted octanol–water partition coefficient (Wildman–Crippen LogP) is 13.8. The van der Waals surface area contributed by atoms with E-state index in [0.29, 0.717) is 0 Å². The summed E-state index contributed by atoms with van der Waals surface area (Å²) in [6.07, 6.45) is 4.32. The van der Waals surface area contributed by atoms with Crippen LogP contribution in [0.3, 0.4) is 0 Å². The van der Waals surface area contributed by atoms with Crippen LogP contribution in [0.4, 0.5) is 17.1 Å². The van der Waals surface area contributed by atoms with E-state index in [1.165, 1.54) is 49.6 Å². The third-order valence-corrected chi connectivity index (χ3v) is 9.78. The number of nitrogens with zero attached hydrogens (tertiary/aromatic N) is 2. The minimum atomic E-state index is 1.10. The summed E-state index contributed by atoms with van der Waals surface area (Å²) >= 11 is 0. The molecule has 0 atom stereocenters. The van der Waals surface area contributed by atoms with Gasteiger partial charge in [-0.05, 0) is 106 Å². The average Bonchev–Trinajstić information content (AvgIpc) is 3.55. The van der Waals surface area contributed by atoms with Gasteiger partial charge in [0.1, 0.15) is 0 Å². The number of hydrogen-bond acceptors (Lipinski definition) is 1. The van der Waals surface area contributed by atoms with Crippen molar-refractivity contribution in [1.29, 1.82) is 0 Å². The van der Waals surface area contributed by atoms with Crippen molar-refractivity contribution in [2.75, 3.05) is 4.90 Å². The molecule has 0 saturated heterocycles. The summed E-state index contributed by atoms with van der Waals surface area (Å²) in [5.41, 5.74) is 14.0. The molecule has 0 spiro atoms. The van der Waals surface area contributed by atoms with Gasteiger partial charge in [0.25, 0.3) is 0 Å². The highest BCUT2D eigenvalue weighted by Crippen LogP contribution is 2.39. The lowest BCUT2D eigenvalue weighted by Crippen LogP contribution is -2.10. The summed E-state index contributed by atoms with van der Waals surface area (Å²) in [4.78, 5) is 2.32. The Morgan fingerprint density at radius 1 is 0.327 bits per heavy atom. The summed E-state index contributed by atoms with van der Waals surface area (Å²) in [5, 5.41) is 2.48. The molecule has 0 saturated carbocycles. The zero-order valence-electron chi connectivity index (χ0n) is 28.7. The van der Waals surface area contributed by atoms with Gasteiger partial charge < -0.3 is 9.47 Å². The van der Waals surface area contributed by atoms with Crippen LogP contribution in [-0.4, -0.2) is 4.57 Å². The maximum Gasteiger partial charge on any atom is 0.0541 e. The van der Waals surface area contributed by atoms with Crippen molar-refractivity contribution in [2.45, 2.75) is 0 Å². The molecule has 1 aromatic heterocycles. The van der Waals surface area contributed by atoms with Crippen molar-refractivity contribution in [3.05, 3.63) is 217 Å². The van der Waals surface area contributed by atoms with E-state index in [0.717, 1.165) is 28.3 Å². The third kappa shape index (κ3) is 6.08. The molecule has 0 aliphatic carbocycles. The molecule has 0 bridgehead atoms. The standard InChI is InChI=1S/C50H36N2/c1-5-13-37(14-6-1)21-22-38-23-27-44(28-24-38)51(43-19-11-4-12-20-43)45-29-31-46(32-30-45)52-49-33-25-41(39-15-7-2-8-16-39)35-47(49)48-36-42(26-34-50(48)52)40-17-9-3-10-18-40/h1-36H. The Hall–Kier alpha value is -6.90. The van der Waals surface area contributed by atoms with Crippen molar-refractivity contribution < 1.29 is 0 Å². The second kappa shape index (κ2) is 13.8. The Morgan fingerprint density at radius 3 is 1.23 bits per heavy atom. The van der Waals surface area contributed by atoms with Gasteiger partial charge in [-0.2, -0.15) is 0 Å². The Labute approximate surface area is 304 Å². The predicted molar refractivity (Wildman–Crippen MR) is 222 cm³/mol. The first-order valence-electron chi connectivity index (χ1n) is 17.8. The summed E-state index contributed by atoms with van der Waals surface area (Å²) in [7, 11) is 0. The molecule has 8 aromatic carbocycles. The van der Waals surface area contributed by atoms with E-state index in [2.05, 4.69) is 222 Å². The molecule has 0 unspecified atom stereocenters. The van der Waals surface area contributed by atoms with Crippen molar-refractivity contribution in [3.63, 3.8) is 0 Å². The summed E-state index contributed by atoms with van der Waals surface area (Å²) in [6.45, 7) is 0. The number of hydrogen-bond donors (Lipinski definition) is 0. The van der Waals surface area contributed by atoms with Crippen LogP contribution < -0.4 is 4.90 Å². The smallest absolute Gasteiger partial charge is 0.0541 e. The van der Waals surface area contributed by atoms with Crippen LogP contribution in [0.2, 0.25) is 0 Å². The summed E-state index contributed by atoms with van der Waals surface area (Å²) in [5.74, 6) is 0. The van der Waals surface area contributed by atoms with Crippen LogP contribution in [0.5, 0.6) is 0 Å². The maximum absolute atomic E-state index is 2.40. The molecule has 9 aromatic rings. The first kappa shape index (κ1) is 31.1. The topological polar surface area (TPSA) is 8.17 Å². The van der Waals surface area contributed by atoms with Crippen molar-refractivity contribution in [2.24, 2.45) is 0 Å². The summed E-state index contributed by atoms with van der Waals surface area (Å²) in [6, 6.07) is 73.8. The second-order valence-corrected chi connectivity index (χ2v) is 13.1. The van der Waals surface area contributed by atoms with Gasteiger partial charge in [-0.3, -0.25) is 0 Å². The van der Waals surface area contributed by atoms with Gasteiger partial charge in [-0.1, -0.05) is 146 Å². The van der Waals surface area contributed by atoms with Gasteiger partial charge in [0.15, 0.2) is 0 Å².